The van der Waals surface area contributed by atoms with Crippen LogP contribution in [0.2, 0.25) is 0 Å². The third-order valence-electron chi connectivity index (χ3n) is 4.70. The van der Waals surface area contributed by atoms with Gasteiger partial charge >= 0.3 is 6.09 Å². The summed E-state index contributed by atoms with van der Waals surface area (Å²) >= 11 is 0. The van der Waals surface area contributed by atoms with Crippen molar-refractivity contribution in [2.45, 2.75) is 32.8 Å². The second-order valence-electron chi connectivity index (χ2n) is 7.82. The van der Waals surface area contributed by atoms with Crippen molar-refractivity contribution >= 4 is 34.1 Å². The van der Waals surface area contributed by atoms with Gasteiger partial charge in [-0.1, -0.05) is 12.1 Å². The van der Waals surface area contributed by atoms with E-state index in [1.165, 1.54) is 0 Å². The fraction of sp³-hybridized carbons (Fsp3) is 0.400. The first-order valence-corrected chi connectivity index (χ1v) is 8.93. The third-order valence-corrected chi connectivity index (χ3v) is 4.70. The molecule has 0 bridgehead atoms. The summed E-state index contributed by atoms with van der Waals surface area (Å²) < 4.78 is 5.52. The molecule has 6 nitrogen and oxygen atoms in total. The van der Waals surface area contributed by atoms with Crippen LogP contribution in [0, 0.1) is 0 Å². The van der Waals surface area contributed by atoms with E-state index in [0.29, 0.717) is 18.8 Å². The summed E-state index contributed by atoms with van der Waals surface area (Å²) in [5, 5.41) is 4.91. The van der Waals surface area contributed by atoms with Crippen LogP contribution in [-0.2, 0) is 4.74 Å². The molecule has 136 valence electrons. The summed E-state index contributed by atoms with van der Waals surface area (Å²) in [4.78, 5) is 28.5. The molecule has 4 rings (SSSR count). The maximum Gasteiger partial charge on any atom is 0.411 e. The molecule has 1 saturated heterocycles. The van der Waals surface area contributed by atoms with Gasteiger partial charge in [0, 0.05) is 40.8 Å². The van der Waals surface area contributed by atoms with Crippen molar-refractivity contribution in [2.75, 3.05) is 30.0 Å². The Morgan fingerprint density at radius 3 is 2.73 bits per heavy atom. The third kappa shape index (κ3) is 2.85. The van der Waals surface area contributed by atoms with Crippen LogP contribution in [0.5, 0.6) is 0 Å². The summed E-state index contributed by atoms with van der Waals surface area (Å²) in [5.74, 6) is -0.0585. The van der Waals surface area contributed by atoms with Gasteiger partial charge in [-0.25, -0.2) is 4.79 Å². The lowest BCUT2D eigenvalue weighted by atomic mass is 10.0. The predicted octanol–water partition coefficient (Wildman–Crippen LogP) is 3.81. The molecule has 2 amide bonds. The predicted molar refractivity (Wildman–Crippen MR) is 102 cm³/mol. The second-order valence-corrected chi connectivity index (χ2v) is 7.82. The van der Waals surface area contributed by atoms with Crippen molar-refractivity contribution < 1.29 is 14.3 Å². The molecule has 2 aliphatic rings. The first-order valence-electron chi connectivity index (χ1n) is 8.93. The van der Waals surface area contributed by atoms with E-state index in [9.17, 15) is 9.59 Å². The fourth-order valence-electron chi connectivity index (χ4n) is 3.62. The molecule has 2 aromatic rings. The van der Waals surface area contributed by atoms with Gasteiger partial charge in [-0.15, -0.1) is 0 Å². The first-order chi connectivity index (χ1) is 12.3. The molecule has 1 fully saturated rings. The molecule has 0 saturated carbocycles. The second kappa shape index (κ2) is 5.90. The van der Waals surface area contributed by atoms with Crippen LogP contribution in [0.4, 0.5) is 16.2 Å². The molecule has 0 aromatic heterocycles. The van der Waals surface area contributed by atoms with Gasteiger partial charge in [0.15, 0.2) is 0 Å². The van der Waals surface area contributed by atoms with E-state index < -0.39 is 5.60 Å². The number of nitrogens with zero attached hydrogens (tertiary/aromatic N) is 2. The highest BCUT2D eigenvalue weighted by atomic mass is 16.6. The van der Waals surface area contributed by atoms with Crippen LogP contribution in [0.1, 0.15) is 37.6 Å². The lowest BCUT2D eigenvalue weighted by molar-refractivity contribution is 0.0226. The molecule has 6 heteroatoms. The van der Waals surface area contributed by atoms with E-state index in [4.69, 9.17) is 4.74 Å². The van der Waals surface area contributed by atoms with Crippen LogP contribution in [0.3, 0.4) is 0 Å². The van der Waals surface area contributed by atoms with E-state index in [2.05, 4.69) is 10.2 Å². The van der Waals surface area contributed by atoms with Crippen LogP contribution >= 0.6 is 0 Å². The molecule has 0 aliphatic carbocycles. The van der Waals surface area contributed by atoms with E-state index >= 15 is 0 Å². The molecule has 1 N–H and O–H groups in total. The average Bonchev–Trinajstić information content (AvgIpc) is 2.92. The van der Waals surface area contributed by atoms with E-state index in [0.717, 1.165) is 35.1 Å². The number of nitrogens with one attached hydrogen (secondary N) is 1. The van der Waals surface area contributed by atoms with Crippen LogP contribution in [0.25, 0.3) is 10.8 Å². The minimum Gasteiger partial charge on any atom is -0.444 e. The summed E-state index contributed by atoms with van der Waals surface area (Å²) in [6.45, 7) is 7.65. The molecule has 0 atom stereocenters. The number of ether oxygens (including phenoxy) is 1. The normalized spacial score (nSPS) is 16.8. The van der Waals surface area contributed by atoms with Gasteiger partial charge < -0.3 is 15.0 Å². The molecular weight excluding hydrogens is 330 g/mol. The molecule has 0 unspecified atom stereocenters. The number of carbonyl (C=O) groups excluding carboxylic acids is 2. The number of hydrogen-bond acceptors (Lipinski definition) is 4. The smallest absolute Gasteiger partial charge is 0.411 e. The monoisotopic (exact) mass is 353 g/mol. The zero-order chi connectivity index (χ0) is 18.5. The number of hydrogen-bond donors (Lipinski definition) is 1. The number of rotatable bonds is 1. The van der Waals surface area contributed by atoms with Gasteiger partial charge in [-0.2, -0.15) is 0 Å². The molecule has 2 heterocycles. The topological polar surface area (TPSA) is 61.9 Å². The highest BCUT2D eigenvalue weighted by molar-refractivity contribution is 6.25. The van der Waals surface area contributed by atoms with E-state index in [-0.39, 0.29) is 12.0 Å². The van der Waals surface area contributed by atoms with Crippen molar-refractivity contribution in [1.82, 2.24) is 4.90 Å². The summed E-state index contributed by atoms with van der Waals surface area (Å²) in [5.41, 5.74) is 2.09. The highest BCUT2D eigenvalue weighted by Crippen LogP contribution is 2.39. The Bertz CT molecular complexity index is 901. The number of amides is 2. The molecule has 0 spiro atoms. The number of benzene rings is 2. The van der Waals surface area contributed by atoms with Crippen LogP contribution in [0.15, 0.2) is 30.3 Å². The summed E-state index contributed by atoms with van der Waals surface area (Å²) in [7, 11) is 0. The molecule has 2 aromatic carbocycles. The maximum absolute atomic E-state index is 12.4. The minimum atomic E-state index is -0.507. The summed E-state index contributed by atoms with van der Waals surface area (Å²) in [6, 6.07) is 9.75. The van der Waals surface area contributed by atoms with Crippen LogP contribution in [-0.4, -0.2) is 42.3 Å². The van der Waals surface area contributed by atoms with E-state index in [1.54, 1.807) is 4.90 Å². The quantitative estimate of drug-likeness (QED) is 0.847. The van der Waals surface area contributed by atoms with Crippen molar-refractivity contribution in [3.8, 4) is 0 Å². The Balaban J connectivity index is 1.65. The zero-order valence-electron chi connectivity index (χ0n) is 15.3. The van der Waals surface area contributed by atoms with Crippen molar-refractivity contribution in [3.05, 3.63) is 35.9 Å². The van der Waals surface area contributed by atoms with Gasteiger partial charge in [0.05, 0.1) is 6.67 Å². The highest BCUT2D eigenvalue weighted by Gasteiger charge is 2.29. The van der Waals surface area contributed by atoms with Gasteiger partial charge in [0.2, 0.25) is 0 Å². The van der Waals surface area contributed by atoms with Gasteiger partial charge in [-0.05, 0) is 45.4 Å². The van der Waals surface area contributed by atoms with Gasteiger partial charge in [-0.3, -0.25) is 9.69 Å². The first kappa shape index (κ1) is 16.7. The van der Waals surface area contributed by atoms with Crippen LogP contribution < -0.4 is 10.2 Å². The largest absolute Gasteiger partial charge is 0.444 e. The minimum absolute atomic E-state index is 0.0585. The van der Waals surface area contributed by atoms with E-state index in [1.807, 2.05) is 51.1 Å². The maximum atomic E-state index is 12.4. The average molecular weight is 353 g/mol. The Hall–Kier alpha value is -2.76. The lowest BCUT2D eigenvalue weighted by Gasteiger charge is -2.38. The molecular formula is C20H23N3O3. The Morgan fingerprint density at radius 1 is 1.15 bits per heavy atom. The standard InChI is InChI=1S/C20H23N3O3/c1-20(2,3)26-19(25)23-11-5-10-22(12-23)16-9-8-15-17-13(16)6-4-7-14(17)18(24)21-15/h4,6-9H,5,10-12H2,1-3H3,(H,21,24). The number of carbonyl (C=O) groups is 2. The summed E-state index contributed by atoms with van der Waals surface area (Å²) in [6.07, 6.45) is 0.587. The molecule has 26 heavy (non-hydrogen) atoms. The van der Waals surface area contributed by atoms with Gasteiger partial charge in [0.25, 0.3) is 5.91 Å². The fourth-order valence-corrected chi connectivity index (χ4v) is 3.62. The SMILES string of the molecule is CC(C)(C)OC(=O)N1CCCN(c2ccc3c4c(cccc24)C(=O)N3)C1. The lowest BCUT2D eigenvalue weighted by Crippen LogP contribution is -2.49. The molecule has 2 aliphatic heterocycles. The van der Waals surface area contributed by atoms with Crippen molar-refractivity contribution in [3.63, 3.8) is 0 Å². The zero-order valence-corrected chi connectivity index (χ0v) is 15.3. The Morgan fingerprint density at radius 2 is 1.96 bits per heavy atom. The van der Waals surface area contributed by atoms with Crippen molar-refractivity contribution in [2.24, 2.45) is 0 Å². The molecule has 0 radical (unpaired) electrons. The number of anilines is 2. The van der Waals surface area contributed by atoms with Gasteiger partial charge in [0.1, 0.15) is 5.60 Å². The van der Waals surface area contributed by atoms with Crippen molar-refractivity contribution in [1.29, 1.82) is 0 Å². The Labute approximate surface area is 152 Å². The Kier molecular flexibility index (Phi) is 3.79.